The minimum Gasteiger partial charge on any atom is -0.347 e. The average molecular weight is 441 g/mol. The summed E-state index contributed by atoms with van der Waals surface area (Å²) in [4.78, 5) is 24.2. The van der Waals surface area contributed by atoms with Gasteiger partial charge in [-0.15, -0.1) is 0 Å². The fourth-order valence-electron chi connectivity index (χ4n) is 3.96. The molecule has 0 spiro atoms. The summed E-state index contributed by atoms with van der Waals surface area (Å²) in [6, 6.07) is 3.63. The van der Waals surface area contributed by atoms with Crippen LogP contribution in [-0.4, -0.2) is 21.6 Å². The normalized spacial score (nSPS) is 16.4. The fourth-order valence-corrected chi connectivity index (χ4v) is 4.39. The van der Waals surface area contributed by atoms with Crippen LogP contribution in [0.15, 0.2) is 24.4 Å². The fraction of sp³-hybridized carbons (Fsp3) is 0.450. The summed E-state index contributed by atoms with van der Waals surface area (Å²) in [5.74, 6) is -0.732. The molecule has 1 fully saturated rings. The molecule has 9 heteroatoms. The molecular formula is C20H23Cl2FN4O2. The Morgan fingerprint density at radius 1 is 1.28 bits per heavy atom. The van der Waals surface area contributed by atoms with Crippen LogP contribution in [0.1, 0.15) is 51.1 Å². The van der Waals surface area contributed by atoms with Crippen LogP contribution in [0.4, 0.5) is 10.2 Å². The number of rotatable bonds is 6. The first kappa shape index (κ1) is 21.6. The molecular weight excluding hydrogens is 418 g/mol. The van der Waals surface area contributed by atoms with Gasteiger partial charge in [-0.25, -0.2) is 9.07 Å². The molecule has 6 nitrogen and oxygen atoms in total. The Labute approximate surface area is 178 Å². The second-order valence-corrected chi connectivity index (χ2v) is 8.46. The van der Waals surface area contributed by atoms with Gasteiger partial charge in [0.15, 0.2) is 0 Å². The van der Waals surface area contributed by atoms with E-state index in [2.05, 4.69) is 15.7 Å². The van der Waals surface area contributed by atoms with Gasteiger partial charge in [0.2, 0.25) is 11.8 Å². The van der Waals surface area contributed by atoms with Crippen molar-refractivity contribution in [3.05, 3.63) is 45.8 Å². The summed E-state index contributed by atoms with van der Waals surface area (Å²) < 4.78 is 16.2. The number of anilines is 1. The lowest BCUT2D eigenvalue weighted by molar-refractivity contribution is -0.123. The monoisotopic (exact) mass is 440 g/mol. The topological polar surface area (TPSA) is 76.0 Å². The Morgan fingerprint density at radius 3 is 2.62 bits per heavy atom. The van der Waals surface area contributed by atoms with E-state index >= 15 is 0 Å². The molecule has 1 aromatic carbocycles. The maximum Gasteiger partial charge on any atom is 0.242 e. The van der Waals surface area contributed by atoms with E-state index in [1.165, 1.54) is 29.9 Å². The van der Waals surface area contributed by atoms with Crippen molar-refractivity contribution in [1.82, 2.24) is 15.1 Å². The van der Waals surface area contributed by atoms with Crippen molar-refractivity contribution in [2.75, 3.05) is 5.32 Å². The largest absolute Gasteiger partial charge is 0.347 e. The predicted molar refractivity (Wildman–Crippen MR) is 110 cm³/mol. The van der Waals surface area contributed by atoms with Crippen molar-refractivity contribution in [3.8, 4) is 0 Å². The first-order valence-electron chi connectivity index (χ1n) is 9.43. The molecule has 1 heterocycles. The number of halogens is 3. The third-order valence-electron chi connectivity index (χ3n) is 5.43. The lowest BCUT2D eigenvalue weighted by atomic mass is 9.77. The molecule has 1 aliphatic carbocycles. The van der Waals surface area contributed by atoms with Gasteiger partial charge in [0.1, 0.15) is 18.2 Å². The number of carbonyl (C=O) groups is 2. The van der Waals surface area contributed by atoms with Gasteiger partial charge < -0.3 is 10.6 Å². The lowest BCUT2D eigenvalue weighted by Gasteiger charge is -2.36. The molecule has 2 amide bonds. The smallest absolute Gasteiger partial charge is 0.242 e. The van der Waals surface area contributed by atoms with Gasteiger partial charge in [-0.2, -0.15) is 5.10 Å². The van der Waals surface area contributed by atoms with Gasteiger partial charge in [0, 0.05) is 18.6 Å². The van der Waals surface area contributed by atoms with Crippen LogP contribution in [0.3, 0.4) is 0 Å². The van der Waals surface area contributed by atoms with Crippen molar-refractivity contribution < 1.29 is 14.0 Å². The van der Waals surface area contributed by atoms with E-state index in [0.717, 1.165) is 25.7 Å². The third kappa shape index (κ3) is 4.73. The van der Waals surface area contributed by atoms with E-state index in [1.54, 1.807) is 6.07 Å². The SMILES string of the molecule is CC(=O)Nc1ccnn1CC(=O)N[C@H](c1c(F)ccc(Cl)c1Cl)C1(C)CCCC1. The summed E-state index contributed by atoms with van der Waals surface area (Å²) in [7, 11) is 0. The van der Waals surface area contributed by atoms with Gasteiger partial charge in [-0.3, -0.25) is 9.59 Å². The van der Waals surface area contributed by atoms with Crippen LogP contribution in [0, 0.1) is 11.2 Å². The molecule has 1 saturated carbocycles. The van der Waals surface area contributed by atoms with Crippen molar-refractivity contribution >= 4 is 40.8 Å². The second kappa shape index (κ2) is 8.71. The Kier molecular flexibility index (Phi) is 6.49. The molecule has 0 unspecified atom stereocenters. The molecule has 1 aromatic heterocycles. The van der Waals surface area contributed by atoms with Crippen LogP contribution in [0.2, 0.25) is 10.0 Å². The summed E-state index contributed by atoms with van der Waals surface area (Å²) >= 11 is 12.5. The molecule has 0 bridgehead atoms. The van der Waals surface area contributed by atoms with Crippen molar-refractivity contribution in [3.63, 3.8) is 0 Å². The van der Waals surface area contributed by atoms with Gasteiger partial charge in [-0.05, 0) is 30.4 Å². The number of hydrogen-bond donors (Lipinski definition) is 2. The number of hydrogen-bond acceptors (Lipinski definition) is 3. The molecule has 0 radical (unpaired) electrons. The van der Waals surface area contributed by atoms with E-state index in [0.29, 0.717) is 5.82 Å². The quantitative estimate of drug-likeness (QED) is 0.637. The lowest BCUT2D eigenvalue weighted by Crippen LogP contribution is -2.40. The highest BCUT2D eigenvalue weighted by Crippen LogP contribution is 2.49. The number of amides is 2. The van der Waals surface area contributed by atoms with Crippen LogP contribution < -0.4 is 10.6 Å². The van der Waals surface area contributed by atoms with Gasteiger partial charge >= 0.3 is 0 Å². The first-order valence-corrected chi connectivity index (χ1v) is 10.2. The average Bonchev–Trinajstić information content (AvgIpc) is 3.27. The molecule has 2 aromatic rings. The minimum atomic E-state index is -0.636. The number of nitrogens with one attached hydrogen (secondary N) is 2. The third-order valence-corrected chi connectivity index (χ3v) is 6.25. The zero-order valence-electron chi connectivity index (χ0n) is 16.3. The molecule has 0 saturated heterocycles. The first-order chi connectivity index (χ1) is 13.7. The summed E-state index contributed by atoms with van der Waals surface area (Å²) in [6.45, 7) is 3.27. The molecule has 1 atom stereocenters. The highest BCUT2D eigenvalue weighted by atomic mass is 35.5. The minimum absolute atomic E-state index is 0.114. The number of benzene rings is 1. The summed E-state index contributed by atoms with van der Waals surface area (Å²) in [5.41, 5.74) is -0.144. The van der Waals surface area contributed by atoms with E-state index in [-0.39, 0.29) is 39.4 Å². The molecule has 2 N–H and O–H groups in total. The van der Waals surface area contributed by atoms with Crippen LogP contribution in [0.25, 0.3) is 0 Å². The summed E-state index contributed by atoms with van der Waals surface area (Å²) in [6.07, 6.45) is 5.14. The molecule has 156 valence electrons. The maximum absolute atomic E-state index is 14.8. The van der Waals surface area contributed by atoms with E-state index in [1.807, 2.05) is 6.92 Å². The Balaban J connectivity index is 1.89. The van der Waals surface area contributed by atoms with Crippen molar-refractivity contribution in [2.24, 2.45) is 5.41 Å². The Hall–Kier alpha value is -2.12. The molecule has 1 aliphatic rings. The summed E-state index contributed by atoms with van der Waals surface area (Å²) in [5, 5.41) is 9.99. The molecule has 29 heavy (non-hydrogen) atoms. The Morgan fingerprint density at radius 2 is 1.97 bits per heavy atom. The predicted octanol–water partition coefficient (Wildman–Crippen LogP) is 4.73. The van der Waals surface area contributed by atoms with Gasteiger partial charge in [-0.1, -0.05) is 43.0 Å². The van der Waals surface area contributed by atoms with Crippen molar-refractivity contribution in [2.45, 2.75) is 52.1 Å². The molecule has 3 rings (SSSR count). The Bertz CT molecular complexity index is 925. The van der Waals surface area contributed by atoms with E-state index in [4.69, 9.17) is 23.2 Å². The standard InChI is InChI=1S/C20H23Cl2FN4O2/c1-12(28)25-15-7-10-24-27(15)11-16(29)26-19(20(2)8-3-4-9-20)17-14(23)6-5-13(21)18(17)22/h5-7,10,19H,3-4,8-9,11H2,1-2H3,(H,25,28)(H,26,29)/t19-/m1/s1. The highest BCUT2D eigenvalue weighted by Gasteiger charge is 2.41. The number of nitrogens with zero attached hydrogens (tertiary/aromatic N) is 2. The van der Waals surface area contributed by atoms with Crippen LogP contribution >= 0.6 is 23.2 Å². The van der Waals surface area contributed by atoms with Crippen LogP contribution in [-0.2, 0) is 16.1 Å². The zero-order chi connectivity index (χ0) is 21.2. The number of aromatic nitrogens is 2. The van der Waals surface area contributed by atoms with E-state index < -0.39 is 11.9 Å². The number of carbonyl (C=O) groups excluding carboxylic acids is 2. The zero-order valence-corrected chi connectivity index (χ0v) is 17.8. The van der Waals surface area contributed by atoms with Gasteiger partial charge in [0.25, 0.3) is 0 Å². The van der Waals surface area contributed by atoms with Crippen LogP contribution in [0.5, 0.6) is 0 Å². The second-order valence-electron chi connectivity index (χ2n) is 7.67. The maximum atomic E-state index is 14.8. The van der Waals surface area contributed by atoms with Crippen molar-refractivity contribution in [1.29, 1.82) is 0 Å². The highest BCUT2D eigenvalue weighted by molar-refractivity contribution is 6.42. The van der Waals surface area contributed by atoms with E-state index in [9.17, 15) is 14.0 Å². The molecule has 0 aliphatic heterocycles. The van der Waals surface area contributed by atoms with Gasteiger partial charge in [0.05, 0.1) is 22.3 Å².